The van der Waals surface area contributed by atoms with Crippen molar-refractivity contribution >= 4 is 24.2 Å². The predicted molar refractivity (Wildman–Crippen MR) is 159 cm³/mol. The van der Waals surface area contributed by atoms with Crippen LogP contribution in [0.15, 0.2) is 18.2 Å². The van der Waals surface area contributed by atoms with E-state index in [4.69, 9.17) is 34.2 Å². The lowest BCUT2D eigenvalue weighted by Crippen LogP contribution is -2.40. The van der Waals surface area contributed by atoms with Crippen molar-refractivity contribution in [3.63, 3.8) is 0 Å². The highest BCUT2D eigenvalue weighted by molar-refractivity contribution is 5.76. The minimum absolute atomic E-state index is 0.0266. The van der Waals surface area contributed by atoms with Crippen LogP contribution in [0.5, 0.6) is 11.5 Å². The van der Waals surface area contributed by atoms with Crippen LogP contribution in [-0.4, -0.2) is 55.7 Å². The third kappa shape index (κ3) is 12.8. The number of rotatable bonds is 15. The highest BCUT2D eigenvalue weighted by Crippen LogP contribution is 2.30. The minimum Gasteiger partial charge on any atom is -0.459 e. The van der Waals surface area contributed by atoms with Gasteiger partial charge in [-0.1, -0.05) is 65.9 Å². The highest BCUT2D eigenvalue weighted by atomic mass is 16.7. The Morgan fingerprint density at radius 2 is 1.33 bits per heavy atom. The summed E-state index contributed by atoms with van der Waals surface area (Å²) in [6.07, 6.45) is 3.18. The van der Waals surface area contributed by atoms with Crippen LogP contribution in [0.1, 0.15) is 92.1 Å². The average molecular weight is 608 g/mol. The fourth-order valence-corrected chi connectivity index (χ4v) is 4.16. The molecule has 43 heavy (non-hydrogen) atoms. The molecule has 1 aromatic carbocycles. The molecule has 1 fully saturated rings. The molecule has 0 bridgehead atoms. The van der Waals surface area contributed by atoms with Crippen molar-refractivity contribution in [2.45, 2.75) is 111 Å². The number of hydrogen-bond donors (Lipinski definition) is 1. The number of hydrogen-bond acceptors (Lipinski definition) is 11. The molecule has 1 aliphatic rings. The Bertz CT molecular complexity index is 1050. The number of nitrogens with two attached hydrogens (primary N) is 1. The van der Waals surface area contributed by atoms with E-state index in [0.717, 1.165) is 44.9 Å². The standard InChI is InChI=1S/C32H49NO10/c1-7-20(3)18-38-31(36)42-27-15-14-24(17-28(27)43-32(37)39-19-21(4)8-2)16-26(33)30(35)41-23(6)22(5)40-29(34)25-12-10-9-11-13-25/h14-15,17,20-23,25-26H,7-13,16,18-19,33H2,1-6H3/t20?,21?,22-,23-,26-/m0/s1. The summed E-state index contributed by atoms with van der Waals surface area (Å²) in [6.45, 7) is 11.5. The third-order valence-electron chi connectivity index (χ3n) is 7.72. The first-order chi connectivity index (χ1) is 20.4. The van der Waals surface area contributed by atoms with Gasteiger partial charge < -0.3 is 34.2 Å². The van der Waals surface area contributed by atoms with Gasteiger partial charge >= 0.3 is 24.2 Å². The summed E-state index contributed by atoms with van der Waals surface area (Å²) in [7, 11) is 0. The van der Waals surface area contributed by atoms with Crippen molar-refractivity contribution in [1.82, 2.24) is 0 Å². The molecule has 0 heterocycles. The van der Waals surface area contributed by atoms with Gasteiger partial charge in [0.25, 0.3) is 0 Å². The van der Waals surface area contributed by atoms with Crippen LogP contribution in [0.2, 0.25) is 0 Å². The molecule has 242 valence electrons. The Morgan fingerprint density at radius 3 is 1.88 bits per heavy atom. The Kier molecular flexibility index (Phi) is 15.3. The largest absolute Gasteiger partial charge is 0.513 e. The summed E-state index contributed by atoms with van der Waals surface area (Å²) in [4.78, 5) is 49.9. The van der Waals surface area contributed by atoms with E-state index in [2.05, 4.69) is 0 Å². The van der Waals surface area contributed by atoms with Gasteiger partial charge in [-0.15, -0.1) is 0 Å². The van der Waals surface area contributed by atoms with Crippen molar-refractivity contribution in [3.05, 3.63) is 23.8 Å². The lowest BCUT2D eigenvalue weighted by atomic mass is 9.89. The lowest BCUT2D eigenvalue weighted by molar-refractivity contribution is -0.169. The molecule has 2 rings (SSSR count). The van der Waals surface area contributed by atoms with Gasteiger partial charge in [-0.05, 0) is 62.6 Å². The molecule has 0 saturated heterocycles. The second kappa shape index (κ2) is 18.4. The molecule has 0 spiro atoms. The van der Waals surface area contributed by atoms with Crippen LogP contribution in [-0.2, 0) is 35.0 Å². The minimum atomic E-state index is -1.07. The molecule has 11 heteroatoms. The molecule has 0 radical (unpaired) electrons. The molecule has 1 aromatic rings. The molecule has 0 aromatic heterocycles. The topological polar surface area (TPSA) is 150 Å². The van der Waals surface area contributed by atoms with Crippen LogP contribution in [0.4, 0.5) is 9.59 Å². The summed E-state index contributed by atoms with van der Waals surface area (Å²) in [6, 6.07) is 3.37. The molecule has 11 nitrogen and oxygen atoms in total. The van der Waals surface area contributed by atoms with Crippen LogP contribution < -0.4 is 15.2 Å². The van der Waals surface area contributed by atoms with Crippen LogP contribution in [0, 0.1) is 17.8 Å². The maximum absolute atomic E-state index is 12.8. The van der Waals surface area contributed by atoms with E-state index in [-0.39, 0.29) is 54.9 Å². The van der Waals surface area contributed by atoms with Crippen molar-refractivity contribution in [3.8, 4) is 11.5 Å². The SMILES string of the molecule is CCC(C)COC(=O)Oc1ccc(C[C@H](N)C(=O)O[C@@H](C)[C@H](C)OC(=O)C2CCCCC2)cc1OC(=O)OCC(C)CC. The van der Waals surface area contributed by atoms with Crippen molar-refractivity contribution in [1.29, 1.82) is 0 Å². The van der Waals surface area contributed by atoms with Gasteiger partial charge in [0.05, 0.1) is 19.1 Å². The highest BCUT2D eigenvalue weighted by Gasteiger charge is 2.28. The normalized spacial score (nSPS) is 17.0. The number of carbonyl (C=O) groups is 4. The summed E-state index contributed by atoms with van der Waals surface area (Å²) in [5.74, 6) is -0.926. The second-order valence-electron chi connectivity index (χ2n) is 11.6. The van der Waals surface area contributed by atoms with E-state index < -0.39 is 36.5 Å². The summed E-state index contributed by atoms with van der Waals surface area (Å²) < 4.78 is 32.0. The van der Waals surface area contributed by atoms with E-state index in [0.29, 0.717) is 5.56 Å². The molecule has 5 atom stereocenters. The molecule has 2 N–H and O–H groups in total. The lowest BCUT2D eigenvalue weighted by Gasteiger charge is -2.26. The van der Waals surface area contributed by atoms with Gasteiger partial charge in [-0.3, -0.25) is 9.59 Å². The zero-order valence-electron chi connectivity index (χ0n) is 26.4. The fourth-order valence-electron chi connectivity index (χ4n) is 4.16. The zero-order chi connectivity index (χ0) is 31.9. The second-order valence-corrected chi connectivity index (χ2v) is 11.6. The van der Waals surface area contributed by atoms with E-state index in [1.165, 1.54) is 12.1 Å². The van der Waals surface area contributed by atoms with E-state index in [9.17, 15) is 19.2 Å². The molecular formula is C32H49NO10. The summed E-state index contributed by atoms with van der Waals surface area (Å²) in [5.41, 5.74) is 6.66. The average Bonchev–Trinajstić information content (AvgIpc) is 2.99. The van der Waals surface area contributed by atoms with Crippen LogP contribution in [0.3, 0.4) is 0 Å². The zero-order valence-corrected chi connectivity index (χ0v) is 26.4. The monoisotopic (exact) mass is 607 g/mol. The van der Waals surface area contributed by atoms with Crippen LogP contribution >= 0.6 is 0 Å². The quantitative estimate of drug-likeness (QED) is 0.139. The van der Waals surface area contributed by atoms with E-state index in [1.807, 2.05) is 27.7 Å². The molecular weight excluding hydrogens is 558 g/mol. The van der Waals surface area contributed by atoms with Crippen molar-refractivity contribution < 1.29 is 47.6 Å². The molecule has 2 unspecified atom stereocenters. The van der Waals surface area contributed by atoms with Crippen LogP contribution in [0.25, 0.3) is 0 Å². The first-order valence-electron chi connectivity index (χ1n) is 15.4. The van der Waals surface area contributed by atoms with E-state index in [1.54, 1.807) is 19.9 Å². The number of carbonyl (C=O) groups excluding carboxylic acids is 4. The third-order valence-corrected chi connectivity index (χ3v) is 7.72. The Hall–Kier alpha value is -3.34. The summed E-state index contributed by atoms with van der Waals surface area (Å²) >= 11 is 0. The predicted octanol–water partition coefficient (Wildman–Crippen LogP) is 6.12. The van der Waals surface area contributed by atoms with Gasteiger partial charge in [-0.25, -0.2) is 9.59 Å². The summed E-state index contributed by atoms with van der Waals surface area (Å²) in [5, 5.41) is 0. The van der Waals surface area contributed by atoms with Gasteiger partial charge in [0.2, 0.25) is 0 Å². The Balaban J connectivity index is 2.04. The molecule has 0 amide bonds. The number of benzene rings is 1. The maximum atomic E-state index is 12.8. The van der Waals surface area contributed by atoms with E-state index >= 15 is 0 Å². The molecule has 1 saturated carbocycles. The van der Waals surface area contributed by atoms with Crippen molar-refractivity contribution in [2.75, 3.05) is 13.2 Å². The number of esters is 2. The Morgan fingerprint density at radius 1 is 0.791 bits per heavy atom. The molecule has 0 aliphatic heterocycles. The first-order valence-corrected chi connectivity index (χ1v) is 15.4. The number of ether oxygens (including phenoxy) is 6. The fraction of sp³-hybridized carbons (Fsp3) is 0.688. The van der Waals surface area contributed by atoms with Crippen molar-refractivity contribution in [2.24, 2.45) is 23.5 Å². The first kappa shape index (κ1) is 35.9. The maximum Gasteiger partial charge on any atom is 0.513 e. The Labute approximate surface area is 255 Å². The van der Waals surface area contributed by atoms with Gasteiger partial charge in [0.15, 0.2) is 11.5 Å². The van der Waals surface area contributed by atoms with Gasteiger partial charge in [-0.2, -0.15) is 0 Å². The van der Waals surface area contributed by atoms with Gasteiger partial charge in [0.1, 0.15) is 18.2 Å². The molecule has 1 aliphatic carbocycles. The van der Waals surface area contributed by atoms with Gasteiger partial charge in [0, 0.05) is 0 Å². The smallest absolute Gasteiger partial charge is 0.459 e.